The highest BCUT2D eigenvalue weighted by atomic mass is 19.4. The van der Waals surface area contributed by atoms with Gasteiger partial charge in [0.15, 0.2) is 6.04 Å². The number of alkyl halides is 3. The Hall–Kier alpha value is -2.17. The lowest BCUT2D eigenvalue weighted by Gasteiger charge is -2.49. The molecule has 2 nitrogen and oxygen atoms in total. The lowest BCUT2D eigenvalue weighted by Crippen LogP contribution is -2.54. The molecule has 2 atom stereocenters. The van der Waals surface area contributed by atoms with Gasteiger partial charge in [0.2, 0.25) is 0 Å². The standard InChI is InChI=1S/C20H21F3N2/c1-13-5-8-15(9-6-13)25-18-4-3-11-24(18)17-10-7-14(2)12-16(17)19(25)20(21,22)23/h5-10,12,18-19H,3-4,11H2,1-2H3/t18-,19-/m1/s1. The van der Waals surface area contributed by atoms with Gasteiger partial charge < -0.3 is 9.80 Å². The average molecular weight is 346 g/mol. The summed E-state index contributed by atoms with van der Waals surface area (Å²) in [4.78, 5) is 3.71. The Kier molecular flexibility index (Phi) is 3.71. The van der Waals surface area contributed by atoms with Crippen LogP contribution in [0.1, 0.15) is 35.6 Å². The van der Waals surface area contributed by atoms with Crippen LogP contribution >= 0.6 is 0 Å². The van der Waals surface area contributed by atoms with Gasteiger partial charge in [-0.2, -0.15) is 13.2 Å². The molecule has 2 aromatic rings. The highest BCUT2D eigenvalue weighted by Gasteiger charge is 2.53. The molecule has 0 spiro atoms. The van der Waals surface area contributed by atoms with E-state index < -0.39 is 12.2 Å². The molecule has 0 unspecified atom stereocenters. The second kappa shape index (κ2) is 5.68. The number of aryl methyl sites for hydroxylation is 2. The fraction of sp³-hybridized carbons (Fsp3) is 0.400. The van der Waals surface area contributed by atoms with Crippen molar-refractivity contribution in [2.24, 2.45) is 0 Å². The van der Waals surface area contributed by atoms with Gasteiger partial charge in [-0.3, -0.25) is 0 Å². The number of benzene rings is 2. The Morgan fingerprint density at radius 1 is 0.960 bits per heavy atom. The first-order chi connectivity index (χ1) is 11.9. The summed E-state index contributed by atoms with van der Waals surface area (Å²) in [5, 5.41) is 0. The normalized spacial score (nSPS) is 22.8. The molecule has 4 rings (SSSR count). The maximum atomic E-state index is 14.2. The number of anilines is 2. The van der Waals surface area contributed by atoms with Gasteiger partial charge >= 0.3 is 6.18 Å². The summed E-state index contributed by atoms with van der Waals surface area (Å²) in [6, 6.07) is 11.2. The fourth-order valence-electron chi connectivity index (χ4n) is 4.17. The molecule has 0 radical (unpaired) electrons. The van der Waals surface area contributed by atoms with Crippen LogP contribution in [-0.4, -0.2) is 18.9 Å². The first-order valence-electron chi connectivity index (χ1n) is 8.65. The predicted octanol–water partition coefficient (Wildman–Crippen LogP) is 5.35. The zero-order chi connectivity index (χ0) is 17.8. The van der Waals surface area contributed by atoms with Crippen LogP contribution in [-0.2, 0) is 0 Å². The van der Waals surface area contributed by atoms with E-state index in [9.17, 15) is 13.2 Å². The van der Waals surface area contributed by atoms with Crippen LogP contribution in [0.25, 0.3) is 0 Å². The number of hydrogen-bond donors (Lipinski definition) is 0. The van der Waals surface area contributed by atoms with Crippen molar-refractivity contribution in [1.82, 2.24) is 0 Å². The minimum absolute atomic E-state index is 0.246. The molecule has 1 saturated heterocycles. The molecular formula is C20H21F3N2. The molecule has 2 aliphatic rings. The molecule has 25 heavy (non-hydrogen) atoms. The van der Waals surface area contributed by atoms with Gasteiger partial charge in [-0.05, 0) is 44.9 Å². The van der Waals surface area contributed by atoms with Crippen LogP contribution in [0.2, 0.25) is 0 Å². The van der Waals surface area contributed by atoms with Gasteiger partial charge in [0.1, 0.15) is 6.17 Å². The Balaban J connectivity index is 1.93. The molecule has 0 N–H and O–H groups in total. The summed E-state index contributed by atoms with van der Waals surface area (Å²) in [5.74, 6) is 0. The van der Waals surface area contributed by atoms with Gasteiger partial charge in [-0.25, -0.2) is 0 Å². The van der Waals surface area contributed by atoms with Gasteiger partial charge in [0.05, 0.1) is 0 Å². The molecule has 2 aromatic carbocycles. The lowest BCUT2D eigenvalue weighted by molar-refractivity contribution is -0.152. The third-order valence-corrected chi connectivity index (χ3v) is 5.25. The molecule has 1 fully saturated rings. The minimum Gasteiger partial charge on any atom is -0.351 e. The molecule has 0 bridgehead atoms. The van der Waals surface area contributed by atoms with Crippen molar-refractivity contribution in [3.8, 4) is 0 Å². The van der Waals surface area contributed by atoms with Crippen LogP contribution in [0.15, 0.2) is 42.5 Å². The van der Waals surface area contributed by atoms with Gasteiger partial charge in [0, 0.05) is 23.5 Å². The number of halogens is 3. The van der Waals surface area contributed by atoms with E-state index in [1.165, 1.54) is 0 Å². The maximum absolute atomic E-state index is 14.2. The molecule has 2 aliphatic heterocycles. The lowest BCUT2D eigenvalue weighted by atomic mass is 9.94. The molecule has 0 amide bonds. The van der Waals surface area contributed by atoms with E-state index in [0.717, 1.165) is 36.2 Å². The van der Waals surface area contributed by atoms with Crippen molar-refractivity contribution in [2.75, 3.05) is 16.3 Å². The summed E-state index contributed by atoms with van der Waals surface area (Å²) < 4.78 is 42.5. The zero-order valence-corrected chi connectivity index (χ0v) is 14.3. The summed E-state index contributed by atoms with van der Waals surface area (Å²) in [5.41, 5.74) is 3.64. The predicted molar refractivity (Wildman–Crippen MR) is 94.0 cm³/mol. The van der Waals surface area contributed by atoms with Gasteiger partial charge in [-0.1, -0.05) is 35.4 Å². The highest BCUT2D eigenvalue weighted by Crippen LogP contribution is 2.51. The summed E-state index contributed by atoms with van der Waals surface area (Å²) in [6.07, 6.45) is -2.93. The third-order valence-electron chi connectivity index (χ3n) is 5.25. The van der Waals surface area contributed by atoms with E-state index in [2.05, 4.69) is 4.90 Å². The molecular weight excluding hydrogens is 325 g/mol. The minimum atomic E-state index is -4.33. The number of fused-ring (bicyclic) bond motifs is 3. The SMILES string of the molecule is Cc1ccc(N2[C@@H]3CCCN3c3ccc(C)cc3[C@@H]2C(F)(F)F)cc1. The number of nitrogens with zero attached hydrogens (tertiary/aromatic N) is 2. The van der Waals surface area contributed by atoms with Crippen LogP contribution in [0.4, 0.5) is 24.5 Å². The van der Waals surface area contributed by atoms with Gasteiger partial charge in [-0.15, -0.1) is 0 Å². The Labute approximate surface area is 145 Å². The van der Waals surface area contributed by atoms with E-state index in [0.29, 0.717) is 11.3 Å². The van der Waals surface area contributed by atoms with Crippen LogP contribution in [0.5, 0.6) is 0 Å². The van der Waals surface area contributed by atoms with Gasteiger partial charge in [0.25, 0.3) is 0 Å². The van der Waals surface area contributed by atoms with Crippen LogP contribution < -0.4 is 9.80 Å². The van der Waals surface area contributed by atoms with Crippen molar-refractivity contribution in [3.05, 3.63) is 59.2 Å². The topological polar surface area (TPSA) is 6.48 Å². The molecule has 0 aliphatic carbocycles. The molecule has 2 heterocycles. The van der Waals surface area contributed by atoms with E-state index in [1.807, 2.05) is 50.2 Å². The second-order valence-electron chi connectivity index (χ2n) is 7.07. The van der Waals surface area contributed by atoms with E-state index in [4.69, 9.17) is 0 Å². The van der Waals surface area contributed by atoms with Crippen molar-refractivity contribution >= 4 is 11.4 Å². The van der Waals surface area contributed by atoms with E-state index in [1.54, 1.807) is 11.0 Å². The zero-order valence-electron chi connectivity index (χ0n) is 14.3. The van der Waals surface area contributed by atoms with Crippen LogP contribution in [0, 0.1) is 13.8 Å². The Morgan fingerprint density at radius 2 is 1.64 bits per heavy atom. The Morgan fingerprint density at radius 3 is 2.32 bits per heavy atom. The van der Waals surface area contributed by atoms with Crippen molar-refractivity contribution in [3.63, 3.8) is 0 Å². The largest absolute Gasteiger partial charge is 0.413 e. The third kappa shape index (κ3) is 2.66. The average Bonchev–Trinajstić information content (AvgIpc) is 3.02. The number of rotatable bonds is 1. The van der Waals surface area contributed by atoms with Crippen LogP contribution in [0.3, 0.4) is 0 Å². The van der Waals surface area contributed by atoms with E-state index in [-0.39, 0.29) is 6.17 Å². The highest BCUT2D eigenvalue weighted by molar-refractivity contribution is 5.67. The smallest absolute Gasteiger partial charge is 0.351 e. The number of hydrogen-bond acceptors (Lipinski definition) is 2. The van der Waals surface area contributed by atoms with Crippen molar-refractivity contribution < 1.29 is 13.2 Å². The fourth-order valence-corrected chi connectivity index (χ4v) is 4.17. The summed E-state index contributed by atoms with van der Waals surface area (Å²) >= 11 is 0. The molecule has 0 aromatic heterocycles. The maximum Gasteiger partial charge on any atom is 0.413 e. The Bertz CT molecular complexity index is 783. The monoisotopic (exact) mass is 346 g/mol. The summed E-state index contributed by atoms with van der Waals surface area (Å²) in [6.45, 7) is 4.59. The van der Waals surface area contributed by atoms with Crippen molar-refractivity contribution in [2.45, 2.75) is 45.1 Å². The first-order valence-corrected chi connectivity index (χ1v) is 8.65. The molecule has 0 saturated carbocycles. The first kappa shape index (κ1) is 16.3. The quantitative estimate of drug-likeness (QED) is 0.686. The van der Waals surface area contributed by atoms with E-state index >= 15 is 0 Å². The molecule has 132 valence electrons. The van der Waals surface area contributed by atoms with Crippen molar-refractivity contribution in [1.29, 1.82) is 0 Å². The second-order valence-corrected chi connectivity index (χ2v) is 7.07. The molecule has 5 heteroatoms. The summed E-state index contributed by atoms with van der Waals surface area (Å²) in [7, 11) is 0.